The van der Waals surface area contributed by atoms with E-state index in [1.807, 2.05) is 6.92 Å². The number of ether oxygens (including phenoxy) is 1. The van der Waals surface area contributed by atoms with Crippen LogP contribution in [-0.2, 0) is 9.53 Å². The van der Waals surface area contributed by atoms with Gasteiger partial charge in [0, 0.05) is 31.7 Å². The molecule has 1 saturated carbocycles. The van der Waals surface area contributed by atoms with Gasteiger partial charge < -0.3 is 20.7 Å². The first-order valence-corrected chi connectivity index (χ1v) is 10.8. The minimum atomic E-state index is 0.0210. The lowest BCUT2D eigenvalue weighted by atomic mass is 9.78. The van der Waals surface area contributed by atoms with E-state index in [9.17, 15) is 4.79 Å². The van der Waals surface area contributed by atoms with Gasteiger partial charge in [-0.2, -0.15) is 0 Å². The number of rotatable bonds is 6. The Morgan fingerprint density at radius 2 is 1.81 bits per heavy atom. The van der Waals surface area contributed by atoms with Crippen molar-refractivity contribution in [3.05, 3.63) is 0 Å². The average molecular weight is 381 g/mol. The van der Waals surface area contributed by atoms with Gasteiger partial charge in [-0.15, -0.1) is 0 Å². The molecule has 6 heteroatoms. The van der Waals surface area contributed by atoms with Gasteiger partial charge in [0.25, 0.3) is 0 Å². The highest BCUT2D eigenvalue weighted by atomic mass is 16.5. The third kappa shape index (κ3) is 7.68. The van der Waals surface area contributed by atoms with E-state index in [4.69, 9.17) is 4.74 Å². The third-order valence-electron chi connectivity index (χ3n) is 5.53. The van der Waals surface area contributed by atoms with Crippen LogP contribution in [0.5, 0.6) is 0 Å². The molecule has 2 rings (SSSR count). The molecule has 0 radical (unpaired) electrons. The van der Waals surface area contributed by atoms with Crippen molar-refractivity contribution in [1.29, 1.82) is 0 Å². The fourth-order valence-corrected chi connectivity index (χ4v) is 4.25. The van der Waals surface area contributed by atoms with Crippen molar-refractivity contribution >= 4 is 11.9 Å². The number of hydrogen-bond donors (Lipinski definition) is 3. The molecule has 2 unspecified atom stereocenters. The summed E-state index contributed by atoms with van der Waals surface area (Å²) in [4.78, 5) is 16.7. The number of aliphatic imine (C=N–C) groups is 1. The molecule has 3 N–H and O–H groups in total. The van der Waals surface area contributed by atoms with E-state index in [1.54, 1.807) is 0 Å². The Hall–Kier alpha value is -1.30. The summed E-state index contributed by atoms with van der Waals surface area (Å²) in [5, 5.41) is 9.81. The molecule has 0 spiro atoms. The zero-order chi connectivity index (χ0) is 19.7. The van der Waals surface area contributed by atoms with Gasteiger partial charge in [0.05, 0.1) is 6.10 Å². The van der Waals surface area contributed by atoms with Gasteiger partial charge in [0.2, 0.25) is 5.91 Å². The van der Waals surface area contributed by atoms with Crippen LogP contribution in [0, 0.1) is 11.3 Å². The van der Waals surface area contributed by atoms with Crippen LogP contribution in [0.4, 0.5) is 0 Å². The second kappa shape index (κ2) is 10.9. The maximum atomic E-state index is 12.2. The lowest BCUT2D eigenvalue weighted by Crippen LogP contribution is -2.47. The topological polar surface area (TPSA) is 74.8 Å². The van der Waals surface area contributed by atoms with Crippen molar-refractivity contribution in [2.24, 2.45) is 16.3 Å². The summed E-state index contributed by atoms with van der Waals surface area (Å²) < 4.78 is 6.07. The Morgan fingerprint density at radius 1 is 1.07 bits per heavy atom. The normalized spacial score (nSPS) is 25.1. The van der Waals surface area contributed by atoms with Crippen LogP contribution in [0.3, 0.4) is 0 Å². The predicted octanol–water partition coefficient (Wildman–Crippen LogP) is 2.83. The van der Waals surface area contributed by atoms with Crippen LogP contribution in [0.2, 0.25) is 0 Å². The molecule has 2 aliphatic rings. The first kappa shape index (κ1) is 22.0. The van der Waals surface area contributed by atoms with Gasteiger partial charge in [0.15, 0.2) is 5.96 Å². The zero-order valence-corrected chi connectivity index (χ0v) is 17.8. The summed E-state index contributed by atoms with van der Waals surface area (Å²) in [5.41, 5.74) is 0.127. The number of carbonyl (C=O) groups excluding carboxylic acids is 1. The highest BCUT2D eigenvalue weighted by Gasteiger charge is 2.35. The molecule has 156 valence electrons. The Bertz CT molecular complexity index is 481. The minimum absolute atomic E-state index is 0.0210. The van der Waals surface area contributed by atoms with Gasteiger partial charge in [-0.05, 0) is 38.0 Å². The summed E-state index contributed by atoms with van der Waals surface area (Å²) in [5.74, 6) is 1.20. The van der Waals surface area contributed by atoms with Crippen molar-refractivity contribution in [2.75, 3.05) is 26.2 Å². The van der Waals surface area contributed by atoms with Crippen molar-refractivity contribution in [1.82, 2.24) is 16.0 Å². The number of amides is 1. The summed E-state index contributed by atoms with van der Waals surface area (Å²) in [7, 11) is 0. The number of nitrogens with zero attached hydrogens (tertiary/aromatic N) is 1. The highest BCUT2D eigenvalue weighted by molar-refractivity contribution is 5.85. The van der Waals surface area contributed by atoms with E-state index in [0.717, 1.165) is 51.3 Å². The molecule has 6 nitrogen and oxygen atoms in total. The molecule has 0 bridgehead atoms. The van der Waals surface area contributed by atoms with Gasteiger partial charge in [-0.25, -0.2) is 4.99 Å². The molecule has 1 aliphatic heterocycles. The number of guanidine groups is 1. The lowest BCUT2D eigenvalue weighted by molar-refractivity contribution is -0.120. The summed E-state index contributed by atoms with van der Waals surface area (Å²) in [6.45, 7) is 11.4. The SMILES string of the molecule is CCNC(=NCC(=O)NC1CCCCC1)NCC1CCCOC1C(C)(C)C. The third-order valence-corrected chi connectivity index (χ3v) is 5.53. The van der Waals surface area contributed by atoms with Crippen molar-refractivity contribution < 1.29 is 9.53 Å². The molecule has 1 heterocycles. The zero-order valence-electron chi connectivity index (χ0n) is 17.8. The summed E-state index contributed by atoms with van der Waals surface area (Å²) in [6, 6.07) is 0.337. The molecular weight excluding hydrogens is 340 g/mol. The van der Waals surface area contributed by atoms with Gasteiger partial charge in [0.1, 0.15) is 6.54 Å². The van der Waals surface area contributed by atoms with Crippen LogP contribution in [0.1, 0.15) is 72.6 Å². The van der Waals surface area contributed by atoms with Gasteiger partial charge in [-0.3, -0.25) is 4.79 Å². The lowest BCUT2D eigenvalue weighted by Gasteiger charge is -2.40. The monoisotopic (exact) mass is 380 g/mol. The molecule has 2 atom stereocenters. The molecule has 1 saturated heterocycles. The van der Waals surface area contributed by atoms with Crippen molar-refractivity contribution in [3.63, 3.8) is 0 Å². The van der Waals surface area contributed by atoms with E-state index in [-0.39, 0.29) is 24.0 Å². The van der Waals surface area contributed by atoms with Crippen molar-refractivity contribution in [3.8, 4) is 0 Å². The molecule has 0 aromatic rings. The van der Waals surface area contributed by atoms with Crippen LogP contribution in [-0.4, -0.2) is 50.3 Å². The minimum Gasteiger partial charge on any atom is -0.377 e. The van der Waals surface area contributed by atoms with E-state index < -0.39 is 0 Å². The average Bonchev–Trinajstić information content (AvgIpc) is 2.64. The van der Waals surface area contributed by atoms with Crippen LogP contribution in [0.25, 0.3) is 0 Å². The maximum absolute atomic E-state index is 12.2. The van der Waals surface area contributed by atoms with Gasteiger partial charge >= 0.3 is 0 Å². The van der Waals surface area contributed by atoms with Crippen molar-refractivity contribution in [2.45, 2.75) is 84.8 Å². The fourth-order valence-electron chi connectivity index (χ4n) is 4.25. The Morgan fingerprint density at radius 3 is 2.48 bits per heavy atom. The second-order valence-corrected chi connectivity index (χ2v) is 9.04. The summed E-state index contributed by atoms with van der Waals surface area (Å²) >= 11 is 0. The van der Waals surface area contributed by atoms with Crippen LogP contribution < -0.4 is 16.0 Å². The molecule has 1 amide bonds. The molecule has 1 aliphatic carbocycles. The van der Waals surface area contributed by atoms with E-state index in [1.165, 1.54) is 19.3 Å². The predicted molar refractivity (Wildman–Crippen MR) is 111 cm³/mol. The Kier molecular flexibility index (Phi) is 8.87. The molecule has 0 aromatic heterocycles. The smallest absolute Gasteiger partial charge is 0.242 e. The second-order valence-electron chi connectivity index (χ2n) is 9.04. The van der Waals surface area contributed by atoms with Gasteiger partial charge in [-0.1, -0.05) is 40.0 Å². The highest BCUT2D eigenvalue weighted by Crippen LogP contribution is 2.33. The first-order valence-electron chi connectivity index (χ1n) is 10.8. The quantitative estimate of drug-likeness (QED) is 0.489. The Balaban J connectivity index is 1.84. The molecule has 2 fully saturated rings. The van der Waals surface area contributed by atoms with E-state index >= 15 is 0 Å². The Labute approximate surface area is 165 Å². The van der Waals surface area contributed by atoms with Crippen LogP contribution in [0.15, 0.2) is 4.99 Å². The molecular formula is C21H40N4O2. The first-order chi connectivity index (χ1) is 12.9. The van der Waals surface area contributed by atoms with E-state index in [0.29, 0.717) is 12.0 Å². The fraction of sp³-hybridized carbons (Fsp3) is 0.905. The van der Waals surface area contributed by atoms with Crippen LogP contribution >= 0.6 is 0 Å². The molecule has 27 heavy (non-hydrogen) atoms. The largest absolute Gasteiger partial charge is 0.377 e. The maximum Gasteiger partial charge on any atom is 0.242 e. The van der Waals surface area contributed by atoms with E-state index in [2.05, 4.69) is 41.7 Å². The summed E-state index contributed by atoms with van der Waals surface area (Å²) in [6.07, 6.45) is 8.45. The molecule has 0 aromatic carbocycles. The standard InChI is InChI=1S/C21H40N4O2/c1-5-22-20(24-15-18(26)25-17-11-7-6-8-12-17)23-14-16-10-9-13-27-19(16)21(2,3)4/h16-17,19H,5-15H2,1-4H3,(H,25,26)(H2,22,23,24). The number of nitrogens with one attached hydrogen (secondary N) is 3. The number of hydrogen-bond acceptors (Lipinski definition) is 3. The number of carbonyl (C=O) groups is 1.